The van der Waals surface area contributed by atoms with Gasteiger partial charge in [0, 0.05) is 24.8 Å². The van der Waals surface area contributed by atoms with Gasteiger partial charge in [-0.1, -0.05) is 13.8 Å². The standard InChI is InChI=1S/C17H24N4O3/c1-4-21(5-2)9-8-18-17(23)20-15-11-19-14-7-6-12(24-3)10-13(14)16(15)22/h6-7,10-11H,4-5,8-9H2,1-3H3,(H,19,22)(H2,18,20,23). The fraction of sp³-hybridized carbons (Fsp3) is 0.412. The minimum Gasteiger partial charge on any atom is -0.497 e. The first kappa shape index (κ1) is 17.8. The number of anilines is 1. The van der Waals surface area contributed by atoms with Gasteiger partial charge < -0.3 is 25.3 Å². The molecule has 3 N–H and O–H groups in total. The zero-order chi connectivity index (χ0) is 17.5. The second kappa shape index (κ2) is 8.35. The predicted octanol–water partition coefficient (Wildman–Crippen LogP) is 2.00. The van der Waals surface area contributed by atoms with Crippen LogP contribution >= 0.6 is 0 Å². The lowest BCUT2D eigenvalue weighted by Crippen LogP contribution is -2.37. The lowest BCUT2D eigenvalue weighted by Gasteiger charge is -2.18. The SMILES string of the molecule is CCN(CC)CCNC(=O)Nc1c[nH]c2ccc(OC)cc2c1=O. The van der Waals surface area contributed by atoms with Crippen molar-refractivity contribution in [3.05, 3.63) is 34.6 Å². The molecule has 0 radical (unpaired) electrons. The molecule has 24 heavy (non-hydrogen) atoms. The van der Waals surface area contributed by atoms with Gasteiger partial charge in [0.2, 0.25) is 5.43 Å². The molecule has 2 rings (SSSR count). The average molecular weight is 332 g/mol. The fourth-order valence-corrected chi connectivity index (χ4v) is 2.45. The number of urea groups is 1. The van der Waals surface area contributed by atoms with Gasteiger partial charge in [0.25, 0.3) is 0 Å². The number of hydrogen-bond acceptors (Lipinski definition) is 4. The third-order valence-electron chi connectivity index (χ3n) is 3.94. The highest BCUT2D eigenvalue weighted by molar-refractivity contribution is 5.92. The van der Waals surface area contributed by atoms with E-state index in [1.807, 2.05) is 0 Å². The first-order valence-corrected chi connectivity index (χ1v) is 8.05. The summed E-state index contributed by atoms with van der Waals surface area (Å²) >= 11 is 0. The fourth-order valence-electron chi connectivity index (χ4n) is 2.45. The van der Waals surface area contributed by atoms with Crippen LogP contribution in [-0.2, 0) is 0 Å². The summed E-state index contributed by atoms with van der Waals surface area (Å²) in [6.45, 7) is 7.31. The van der Waals surface area contributed by atoms with Crippen LogP contribution in [0, 0.1) is 0 Å². The summed E-state index contributed by atoms with van der Waals surface area (Å²) in [6.07, 6.45) is 1.50. The Morgan fingerprint density at radius 3 is 2.71 bits per heavy atom. The first-order valence-electron chi connectivity index (χ1n) is 8.05. The summed E-state index contributed by atoms with van der Waals surface area (Å²) in [7, 11) is 1.54. The Balaban J connectivity index is 2.05. The summed E-state index contributed by atoms with van der Waals surface area (Å²) in [4.78, 5) is 29.7. The Morgan fingerprint density at radius 2 is 2.04 bits per heavy atom. The molecule has 7 nitrogen and oxygen atoms in total. The monoisotopic (exact) mass is 332 g/mol. The normalized spacial score (nSPS) is 10.8. The van der Waals surface area contributed by atoms with Gasteiger partial charge in [0.15, 0.2) is 0 Å². The predicted molar refractivity (Wildman–Crippen MR) is 95.9 cm³/mol. The summed E-state index contributed by atoms with van der Waals surface area (Å²) in [5.74, 6) is 0.592. The molecule has 0 aliphatic carbocycles. The molecule has 0 bridgehead atoms. The largest absolute Gasteiger partial charge is 0.497 e. The topological polar surface area (TPSA) is 86.5 Å². The van der Waals surface area contributed by atoms with E-state index in [1.165, 1.54) is 6.20 Å². The van der Waals surface area contributed by atoms with E-state index in [0.717, 1.165) is 19.6 Å². The Kier molecular flexibility index (Phi) is 6.20. The number of likely N-dealkylation sites (N-methyl/N-ethyl adjacent to an activating group) is 1. The number of carbonyl (C=O) groups is 1. The van der Waals surface area contributed by atoms with Crippen molar-refractivity contribution in [2.24, 2.45) is 0 Å². The zero-order valence-electron chi connectivity index (χ0n) is 14.3. The van der Waals surface area contributed by atoms with Crippen molar-refractivity contribution < 1.29 is 9.53 Å². The molecule has 0 saturated carbocycles. The number of amides is 2. The smallest absolute Gasteiger partial charge is 0.319 e. The molecule has 1 aromatic carbocycles. The third-order valence-corrected chi connectivity index (χ3v) is 3.94. The Labute approximate surface area is 141 Å². The van der Waals surface area contributed by atoms with Crippen molar-refractivity contribution >= 4 is 22.6 Å². The highest BCUT2D eigenvalue weighted by atomic mass is 16.5. The minimum atomic E-state index is -0.394. The maximum atomic E-state index is 12.5. The highest BCUT2D eigenvalue weighted by Gasteiger charge is 2.09. The van der Waals surface area contributed by atoms with Crippen molar-refractivity contribution in [1.29, 1.82) is 0 Å². The van der Waals surface area contributed by atoms with Crippen LogP contribution < -0.4 is 20.8 Å². The van der Waals surface area contributed by atoms with Crippen LogP contribution in [-0.4, -0.2) is 49.2 Å². The maximum Gasteiger partial charge on any atom is 0.319 e. The number of benzene rings is 1. The van der Waals surface area contributed by atoms with Gasteiger partial charge >= 0.3 is 6.03 Å². The molecule has 0 aliphatic heterocycles. The summed E-state index contributed by atoms with van der Waals surface area (Å²) in [6, 6.07) is 4.79. The van der Waals surface area contributed by atoms with Crippen molar-refractivity contribution in [2.45, 2.75) is 13.8 Å². The van der Waals surface area contributed by atoms with Crippen LogP contribution in [0.5, 0.6) is 5.75 Å². The Hall–Kier alpha value is -2.54. The number of nitrogens with one attached hydrogen (secondary N) is 3. The second-order valence-electron chi connectivity index (χ2n) is 5.35. The van der Waals surface area contributed by atoms with Gasteiger partial charge in [0.1, 0.15) is 11.4 Å². The average Bonchev–Trinajstić information content (AvgIpc) is 2.61. The Morgan fingerprint density at radius 1 is 1.29 bits per heavy atom. The van der Waals surface area contributed by atoms with E-state index in [0.29, 0.717) is 23.2 Å². The molecular formula is C17H24N4O3. The van der Waals surface area contributed by atoms with E-state index in [9.17, 15) is 9.59 Å². The van der Waals surface area contributed by atoms with E-state index >= 15 is 0 Å². The molecule has 1 heterocycles. The molecule has 2 aromatic rings. The molecule has 7 heteroatoms. The highest BCUT2D eigenvalue weighted by Crippen LogP contribution is 2.17. The quantitative estimate of drug-likeness (QED) is 0.724. The number of nitrogens with zero attached hydrogens (tertiary/aromatic N) is 1. The molecule has 0 atom stereocenters. The number of fused-ring (bicyclic) bond motifs is 1. The van der Waals surface area contributed by atoms with Crippen LogP contribution in [0.25, 0.3) is 10.9 Å². The second-order valence-corrected chi connectivity index (χ2v) is 5.35. The Bertz CT molecular complexity index is 753. The minimum absolute atomic E-state index is 0.205. The number of aromatic nitrogens is 1. The van der Waals surface area contributed by atoms with Gasteiger partial charge in [-0.3, -0.25) is 4.79 Å². The molecule has 0 saturated heterocycles. The van der Waals surface area contributed by atoms with Crippen LogP contribution in [0.4, 0.5) is 10.5 Å². The van der Waals surface area contributed by atoms with E-state index in [4.69, 9.17) is 4.74 Å². The number of rotatable bonds is 7. The molecule has 0 aliphatic rings. The van der Waals surface area contributed by atoms with Gasteiger partial charge in [-0.05, 0) is 31.3 Å². The maximum absolute atomic E-state index is 12.5. The molecule has 2 amide bonds. The van der Waals surface area contributed by atoms with E-state index in [-0.39, 0.29) is 11.1 Å². The van der Waals surface area contributed by atoms with Gasteiger partial charge in [-0.2, -0.15) is 0 Å². The van der Waals surface area contributed by atoms with Crippen molar-refractivity contribution in [2.75, 3.05) is 38.6 Å². The first-order chi connectivity index (χ1) is 11.6. The van der Waals surface area contributed by atoms with E-state index in [1.54, 1.807) is 25.3 Å². The summed E-state index contributed by atoms with van der Waals surface area (Å²) in [5.41, 5.74) is 0.644. The summed E-state index contributed by atoms with van der Waals surface area (Å²) in [5, 5.41) is 5.82. The number of pyridine rings is 1. The lowest BCUT2D eigenvalue weighted by molar-refractivity contribution is 0.248. The van der Waals surface area contributed by atoms with E-state index < -0.39 is 6.03 Å². The molecular weight excluding hydrogens is 308 g/mol. The van der Waals surface area contributed by atoms with Crippen LogP contribution in [0.3, 0.4) is 0 Å². The molecule has 1 aromatic heterocycles. The molecule has 0 spiro atoms. The number of carbonyl (C=O) groups excluding carboxylic acids is 1. The number of methoxy groups -OCH3 is 1. The number of hydrogen-bond donors (Lipinski definition) is 3. The van der Waals surface area contributed by atoms with Crippen molar-refractivity contribution in [3.8, 4) is 5.75 Å². The number of H-pyrrole nitrogens is 1. The number of aromatic amines is 1. The molecule has 0 unspecified atom stereocenters. The van der Waals surface area contributed by atoms with Crippen molar-refractivity contribution in [3.63, 3.8) is 0 Å². The summed E-state index contributed by atoms with van der Waals surface area (Å²) < 4.78 is 5.14. The molecule has 0 fully saturated rings. The van der Waals surface area contributed by atoms with Gasteiger partial charge in [0.05, 0.1) is 12.5 Å². The lowest BCUT2D eigenvalue weighted by atomic mass is 10.2. The third kappa shape index (κ3) is 4.26. The van der Waals surface area contributed by atoms with Crippen LogP contribution in [0.1, 0.15) is 13.8 Å². The van der Waals surface area contributed by atoms with Gasteiger partial charge in [-0.15, -0.1) is 0 Å². The van der Waals surface area contributed by atoms with Crippen LogP contribution in [0.15, 0.2) is 29.2 Å². The zero-order valence-corrected chi connectivity index (χ0v) is 14.3. The van der Waals surface area contributed by atoms with E-state index in [2.05, 4.69) is 34.4 Å². The van der Waals surface area contributed by atoms with Gasteiger partial charge in [-0.25, -0.2) is 4.79 Å². The number of ether oxygens (including phenoxy) is 1. The van der Waals surface area contributed by atoms with Crippen molar-refractivity contribution in [1.82, 2.24) is 15.2 Å². The molecule has 130 valence electrons. The van der Waals surface area contributed by atoms with Crippen LogP contribution in [0.2, 0.25) is 0 Å².